The first-order valence-corrected chi connectivity index (χ1v) is 8.69. The summed E-state index contributed by atoms with van der Waals surface area (Å²) in [5, 5.41) is 9.21. The van der Waals surface area contributed by atoms with Gasteiger partial charge in [0.1, 0.15) is 5.60 Å². The minimum atomic E-state index is -0.876. The number of carbonyl (C=O) groups is 1. The maximum Gasteiger partial charge on any atom is 0.305 e. The van der Waals surface area contributed by atoms with E-state index in [0.717, 1.165) is 16.7 Å². The lowest BCUT2D eigenvalue weighted by molar-refractivity contribution is -0.142. The van der Waals surface area contributed by atoms with Crippen LogP contribution < -0.4 is 0 Å². The SMILES string of the molecule is C[C@H](CC(=O)O)OC(c1ccccc1)(c1ccccc1)c1ccccc1. The molecule has 0 aliphatic heterocycles. The minimum Gasteiger partial charge on any atom is -0.481 e. The van der Waals surface area contributed by atoms with Crippen LogP contribution in [0.4, 0.5) is 0 Å². The summed E-state index contributed by atoms with van der Waals surface area (Å²) >= 11 is 0. The van der Waals surface area contributed by atoms with E-state index in [1.54, 1.807) is 6.92 Å². The second kappa shape index (κ2) is 7.98. The summed E-state index contributed by atoms with van der Waals surface area (Å²) in [6, 6.07) is 29.9. The van der Waals surface area contributed by atoms with Crippen molar-refractivity contribution in [2.24, 2.45) is 0 Å². The fourth-order valence-electron chi connectivity index (χ4n) is 3.31. The molecule has 3 rings (SSSR count). The summed E-state index contributed by atoms with van der Waals surface area (Å²) in [5.74, 6) is -0.874. The molecule has 0 heterocycles. The van der Waals surface area contributed by atoms with Crippen molar-refractivity contribution in [3.05, 3.63) is 108 Å². The molecule has 0 fully saturated rings. The Hall–Kier alpha value is -2.91. The molecule has 3 heteroatoms. The van der Waals surface area contributed by atoms with Crippen molar-refractivity contribution in [2.45, 2.75) is 25.0 Å². The van der Waals surface area contributed by atoms with Crippen LogP contribution in [0, 0.1) is 0 Å². The molecule has 0 aromatic heterocycles. The highest BCUT2D eigenvalue weighted by Gasteiger charge is 2.39. The first-order valence-electron chi connectivity index (χ1n) is 8.69. The van der Waals surface area contributed by atoms with Gasteiger partial charge in [-0.15, -0.1) is 0 Å². The number of ether oxygens (including phenoxy) is 1. The van der Waals surface area contributed by atoms with Crippen LogP contribution in [0.2, 0.25) is 0 Å². The third-order valence-corrected chi connectivity index (χ3v) is 4.38. The Labute approximate surface area is 153 Å². The van der Waals surface area contributed by atoms with E-state index in [4.69, 9.17) is 4.74 Å². The van der Waals surface area contributed by atoms with Crippen LogP contribution >= 0.6 is 0 Å². The molecule has 1 N–H and O–H groups in total. The van der Waals surface area contributed by atoms with Gasteiger partial charge in [-0.1, -0.05) is 91.0 Å². The fraction of sp³-hybridized carbons (Fsp3) is 0.174. The summed E-state index contributed by atoms with van der Waals surface area (Å²) in [7, 11) is 0. The van der Waals surface area contributed by atoms with Gasteiger partial charge in [0.25, 0.3) is 0 Å². The average Bonchev–Trinajstić information content (AvgIpc) is 2.67. The Morgan fingerprint density at radius 1 is 0.808 bits per heavy atom. The van der Waals surface area contributed by atoms with Gasteiger partial charge in [0, 0.05) is 0 Å². The maximum absolute atomic E-state index is 11.2. The predicted octanol–water partition coefficient (Wildman–Crippen LogP) is 4.86. The molecule has 0 aliphatic rings. The van der Waals surface area contributed by atoms with E-state index in [1.165, 1.54) is 0 Å². The number of hydrogen-bond acceptors (Lipinski definition) is 2. The Kier molecular flexibility index (Phi) is 5.49. The van der Waals surface area contributed by atoms with E-state index in [2.05, 4.69) is 0 Å². The van der Waals surface area contributed by atoms with Gasteiger partial charge in [0.15, 0.2) is 0 Å². The van der Waals surface area contributed by atoms with Crippen molar-refractivity contribution in [3.63, 3.8) is 0 Å². The van der Waals surface area contributed by atoms with Gasteiger partial charge < -0.3 is 9.84 Å². The number of carboxylic acid groups (broad SMARTS) is 1. The van der Waals surface area contributed by atoms with Crippen molar-refractivity contribution in [2.75, 3.05) is 0 Å². The van der Waals surface area contributed by atoms with Crippen molar-refractivity contribution >= 4 is 5.97 Å². The predicted molar refractivity (Wildman–Crippen MR) is 102 cm³/mol. The lowest BCUT2D eigenvalue weighted by atomic mass is 9.80. The fourth-order valence-corrected chi connectivity index (χ4v) is 3.31. The lowest BCUT2D eigenvalue weighted by Crippen LogP contribution is -2.36. The molecule has 0 saturated carbocycles. The molecule has 0 aliphatic carbocycles. The standard InChI is InChI=1S/C23H22O3/c1-18(17-22(24)25)26-23(19-11-5-2-6-12-19,20-13-7-3-8-14-20)21-15-9-4-10-16-21/h2-16,18H,17H2,1H3,(H,24,25)/t18-/m1/s1. The zero-order valence-corrected chi connectivity index (χ0v) is 14.7. The highest BCUT2D eigenvalue weighted by molar-refractivity contribution is 5.67. The van der Waals surface area contributed by atoms with Crippen LogP contribution in [-0.2, 0) is 15.1 Å². The van der Waals surface area contributed by atoms with Crippen LogP contribution in [0.15, 0.2) is 91.0 Å². The Bertz CT molecular complexity index is 732. The molecule has 26 heavy (non-hydrogen) atoms. The second-order valence-electron chi connectivity index (χ2n) is 6.31. The van der Waals surface area contributed by atoms with Crippen molar-refractivity contribution in [1.29, 1.82) is 0 Å². The van der Waals surface area contributed by atoms with Gasteiger partial charge in [-0.2, -0.15) is 0 Å². The van der Waals surface area contributed by atoms with Gasteiger partial charge in [0.2, 0.25) is 0 Å². The van der Waals surface area contributed by atoms with E-state index in [9.17, 15) is 9.90 Å². The normalized spacial score (nSPS) is 12.5. The van der Waals surface area contributed by atoms with E-state index in [1.807, 2.05) is 91.0 Å². The molecule has 0 unspecified atom stereocenters. The molecule has 132 valence electrons. The molecule has 3 nitrogen and oxygen atoms in total. The molecule has 0 amide bonds. The third kappa shape index (κ3) is 3.68. The summed E-state index contributed by atoms with van der Waals surface area (Å²) in [6.45, 7) is 1.80. The number of benzene rings is 3. The Balaban J connectivity index is 2.23. The number of carboxylic acids is 1. The molecule has 3 aromatic carbocycles. The lowest BCUT2D eigenvalue weighted by Gasteiger charge is -2.38. The van der Waals surface area contributed by atoms with Crippen LogP contribution in [0.25, 0.3) is 0 Å². The molecule has 0 spiro atoms. The van der Waals surface area contributed by atoms with E-state index in [-0.39, 0.29) is 6.42 Å². The monoisotopic (exact) mass is 346 g/mol. The van der Waals surface area contributed by atoms with E-state index >= 15 is 0 Å². The highest BCUT2D eigenvalue weighted by atomic mass is 16.5. The summed E-state index contributed by atoms with van der Waals surface area (Å²) in [5.41, 5.74) is 2.03. The molecule has 0 bridgehead atoms. The number of rotatable bonds is 7. The largest absolute Gasteiger partial charge is 0.481 e. The highest BCUT2D eigenvalue weighted by Crippen LogP contribution is 2.41. The van der Waals surface area contributed by atoms with Crippen LogP contribution in [-0.4, -0.2) is 17.2 Å². The first kappa shape index (κ1) is 17.9. The van der Waals surface area contributed by atoms with Crippen molar-refractivity contribution in [1.82, 2.24) is 0 Å². The first-order chi connectivity index (χ1) is 12.6. The van der Waals surface area contributed by atoms with Crippen molar-refractivity contribution in [3.8, 4) is 0 Å². The molecular formula is C23H22O3. The molecule has 0 saturated heterocycles. The third-order valence-electron chi connectivity index (χ3n) is 4.38. The Morgan fingerprint density at radius 3 is 1.46 bits per heavy atom. The molecule has 3 aromatic rings. The second-order valence-corrected chi connectivity index (χ2v) is 6.31. The van der Waals surface area contributed by atoms with Crippen LogP contribution in [0.1, 0.15) is 30.0 Å². The number of aliphatic carboxylic acids is 1. The maximum atomic E-state index is 11.2. The zero-order chi connectivity index (χ0) is 18.4. The summed E-state index contributed by atoms with van der Waals surface area (Å²) in [4.78, 5) is 11.2. The van der Waals surface area contributed by atoms with Gasteiger partial charge in [0.05, 0.1) is 12.5 Å². The molecular weight excluding hydrogens is 324 g/mol. The quantitative estimate of drug-likeness (QED) is 0.622. The summed E-state index contributed by atoms with van der Waals surface area (Å²) in [6.07, 6.45) is -0.526. The van der Waals surface area contributed by atoms with Gasteiger partial charge >= 0.3 is 5.97 Å². The topological polar surface area (TPSA) is 46.5 Å². The van der Waals surface area contributed by atoms with E-state index in [0.29, 0.717) is 0 Å². The van der Waals surface area contributed by atoms with Crippen molar-refractivity contribution < 1.29 is 14.6 Å². The molecule has 0 radical (unpaired) electrons. The minimum absolute atomic E-state index is 0.0613. The van der Waals surface area contributed by atoms with Gasteiger partial charge in [-0.25, -0.2) is 0 Å². The summed E-state index contributed by atoms with van der Waals surface area (Å²) < 4.78 is 6.53. The molecule has 1 atom stereocenters. The van der Waals surface area contributed by atoms with Crippen LogP contribution in [0.3, 0.4) is 0 Å². The smallest absolute Gasteiger partial charge is 0.305 e. The zero-order valence-electron chi connectivity index (χ0n) is 14.7. The Morgan fingerprint density at radius 2 is 1.15 bits per heavy atom. The number of hydrogen-bond donors (Lipinski definition) is 1. The average molecular weight is 346 g/mol. The van der Waals surface area contributed by atoms with Crippen LogP contribution in [0.5, 0.6) is 0 Å². The van der Waals surface area contributed by atoms with Gasteiger partial charge in [-0.3, -0.25) is 4.79 Å². The van der Waals surface area contributed by atoms with E-state index < -0.39 is 17.7 Å². The van der Waals surface area contributed by atoms with Gasteiger partial charge in [-0.05, 0) is 23.6 Å².